The van der Waals surface area contributed by atoms with Crippen LogP contribution in [0.2, 0.25) is 0 Å². The van der Waals surface area contributed by atoms with Crippen molar-refractivity contribution in [3.05, 3.63) is 0 Å². The number of hydrogen-bond donors (Lipinski definition) is 2. The van der Waals surface area contributed by atoms with Crippen LogP contribution in [0.25, 0.3) is 0 Å². The Morgan fingerprint density at radius 1 is 1.31 bits per heavy atom. The van der Waals surface area contributed by atoms with Crippen molar-refractivity contribution in [3.63, 3.8) is 0 Å². The van der Waals surface area contributed by atoms with E-state index in [2.05, 4.69) is 12.2 Å². The summed E-state index contributed by atoms with van der Waals surface area (Å²) in [4.78, 5) is 11.9. The monoisotopic (exact) mass is 229 g/mol. The second-order valence-corrected chi connectivity index (χ2v) is 4.71. The fraction of sp³-hybridized carbons (Fsp3) is 0.917. The van der Waals surface area contributed by atoms with Crippen molar-refractivity contribution in [1.82, 2.24) is 5.32 Å². The highest BCUT2D eigenvalue weighted by Crippen LogP contribution is 2.35. The second-order valence-electron chi connectivity index (χ2n) is 4.71. The molecule has 2 N–H and O–H groups in total. The van der Waals surface area contributed by atoms with Crippen LogP contribution in [0.15, 0.2) is 0 Å². The molecule has 0 radical (unpaired) electrons. The molecule has 1 aliphatic rings. The van der Waals surface area contributed by atoms with Crippen LogP contribution in [0.1, 0.15) is 39.0 Å². The molecule has 1 amide bonds. The largest absolute Gasteiger partial charge is 0.394 e. The summed E-state index contributed by atoms with van der Waals surface area (Å²) >= 11 is 0. The van der Waals surface area contributed by atoms with Crippen molar-refractivity contribution in [3.8, 4) is 0 Å². The van der Waals surface area contributed by atoms with E-state index in [0.29, 0.717) is 19.8 Å². The summed E-state index contributed by atoms with van der Waals surface area (Å²) in [5.74, 6) is 0.153. The Morgan fingerprint density at radius 3 is 2.62 bits per heavy atom. The zero-order chi connectivity index (χ0) is 11.9. The molecule has 0 aromatic rings. The van der Waals surface area contributed by atoms with E-state index in [0.717, 1.165) is 25.7 Å². The van der Waals surface area contributed by atoms with Gasteiger partial charge in [0.1, 0.15) is 0 Å². The molecule has 0 aromatic heterocycles. The average Bonchev–Trinajstić information content (AvgIpc) is 2.29. The maximum absolute atomic E-state index is 11.9. The third-order valence-electron chi connectivity index (χ3n) is 3.27. The first-order valence-electron chi connectivity index (χ1n) is 6.16. The molecule has 16 heavy (non-hydrogen) atoms. The van der Waals surface area contributed by atoms with Gasteiger partial charge in [0.15, 0.2) is 0 Å². The number of aliphatic hydroxyl groups excluding tert-OH is 1. The third kappa shape index (κ3) is 4.10. The van der Waals surface area contributed by atoms with Crippen molar-refractivity contribution in [2.45, 2.75) is 39.0 Å². The maximum atomic E-state index is 11.9. The molecule has 1 fully saturated rings. The Bertz CT molecular complexity index is 212. The minimum atomic E-state index is -0.171. The molecular weight excluding hydrogens is 206 g/mol. The first-order chi connectivity index (χ1) is 7.69. The van der Waals surface area contributed by atoms with Gasteiger partial charge in [-0.05, 0) is 12.8 Å². The number of carbonyl (C=O) groups excluding carboxylic acids is 1. The SMILES string of the molecule is CC1(C(=O)NCCOCCO)CCCCC1. The second kappa shape index (κ2) is 6.86. The predicted molar refractivity (Wildman–Crippen MR) is 62.1 cm³/mol. The zero-order valence-electron chi connectivity index (χ0n) is 10.1. The first kappa shape index (κ1) is 13.5. The van der Waals surface area contributed by atoms with E-state index in [1.54, 1.807) is 0 Å². The van der Waals surface area contributed by atoms with E-state index in [9.17, 15) is 4.79 Å². The topological polar surface area (TPSA) is 58.6 Å². The number of amides is 1. The van der Waals surface area contributed by atoms with Gasteiger partial charge in [-0.3, -0.25) is 4.79 Å². The van der Waals surface area contributed by atoms with Gasteiger partial charge in [-0.1, -0.05) is 26.2 Å². The number of rotatable bonds is 6. The molecule has 0 unspecified atom stereocenters. The van der Waals surface area contributed by atoms with Crippen molar-refractivity contribution in [1.29, 1.82) is 0 Å². The number of aliphatic hydroxyl groups is 1. The van der Waals surface area contributed by atoms with Crippen molar-refractivity contribution in [2.24, 2.45) is 5.41 Å². The Labute approximate surface area is 97.4 Å². The number of carbonyl (C=O) groups is 1. The van der Waals surface area contributed by atoms with Gasteiger partial charge in [0, 0.05) is 12.0 Å². The lowest BCUT2D eigenvalue weighted by Crippen LogP contribution is -2.41. The van der Waals surface area contributed by atoms with Crippen LogP contribution in [-0.4, -0.2) is 37.4 Å². The lowest BCUT2D eigenvalue weighted by molar-refractivity contribution is -0.132. The number of ether oxygens (including phenoxy) is 1. The van der Waals surface area contributed by atoms with Gasteiger partial charge in [-0.15, -0.1) is 0 Å². The van der Waals surface area contributed by atoms with Crippen LogP contribution in [0.4, 0.5) is 0 Å². The Balaban J connectivity index is 2.18. The molecule has 4 nitrogen and oxygen atoms in total. The van der Waals surface area contributed by atoms with E-state index in [4.69, 9.17) is 9.84 Å². The van der Waals surface area contributed by atoms with Crippen molar-refractivity contribution >= 4 is 5.91 Å². The molecule has 1 saturated carbocycles. The summed E-state index contributed by atoms with van der Waals surface area (Å²) in [5.41, 5.74) is -0.171. The van der Waals surface area contributed by atoms with Gasteiger partial charge in [-0.25, -0.2) is 0 Å². The maximum Gasteiger partial charge on any atom is 0.226 e. The highest BCUT2D eigenvalue weighted by atomic mass is 16.5. The molecule has 0 aromatic carbocycles. The minimum Gasteiger partial charge on any atom is -0.394 e. The molecule has 1 rings (SSSR count). The molecule has 94 valence electrons. The van der Waals surface area contributed by atoms with Crippen LogP contribution in [0.5, 0.6) is 0 Å². The van der Waals surface area contributed by atoms with E-state index in [1.165, 1.54) is 6.42 Å². The summed E-state index contributed by atoms with van der Waals surface area (Å²) in [7, 11) is 0. The van der Waals surface area contributed by atoms with E-state index >= 15 is 0 Å². The highest BCUT2D eigenvalue weighted by Gasteiger charge is 2.33. The van der Waals surface area contributed by atoms with Crippen molar-refractivity contribution in [2.75, 3.05) is 26.4 Å². The zero-order valence-corrected chi connectivity index (χ0v) is 10.1. The quantitative estimate of drug-likeness (QED) is 0.670. The molecule has 0 heterocycles. The third-order valence-corrected chi connectivity index (χ3v) is 3.27. The molecule has 0 saturated heterocycles. The number of nitrogens with one attached hydrogen (secondary N) is 1. The standard InChI is InChI=1S/C12H23NO3/c1-12(5-3-2-4-6-12)11(15)13-7-9-16-10-8-14/h14H,2-10H2,1H3,(H,13,15). The fourth-order valence-corrected chi connectivity index (χ4v) is 2.18. The van der Waals surface area contributed by atoms with Crippen LogP contribution in [0.3, 0.4) is 0 Å². The van der Waals surface area contributed by atoms with Crippen LogP contribution >= 0.6 is 0 Å². The van der Waals surface area contributed by atoms with E-state index in [1.807, 2.05) is 0 Å². The van der Waals surface area contributed by atoms with Gasteiger partial charge in [0.05, 0.1) is 19.8 Å². The predicted octanol–water partition coefficient (Wildman–Crippen LogP) is 1.08. The summed E-state index contributed by atoms with van der Waals surface area (Å²) in [6.07, 6.45) is 5.56. The van der Waals surface area contributed by atoms with E-state index in [-0.39, 0.29) is 17.9 Å². The van der Waals surface area contributed by atoms with Gasteiger partial charge in [0.25, 0.3) is 0 Å². The fourth-order valence-electron chi connectivity index (χ4n) is 2.18. The summed E-state index contributed by atoms with van der Waals surface area (Å²) in [6, 6.07) is 0. The van der Waals surface area contributed by atoms with Gasteiger partial charge in [0.2, 0.25) is 5.91 Å². The minimum absolute atomic E-state index is 0.0334. The lowest BCUT2D eigenvalue weighted by Gasteiger charge is -2.31. The Morgan fingerprint density at radius 2 is 2.00 bits per heavy atom. The van der Waals surface area contributed by atoms with Crippen LogP contribution in [0, 0.1) is 5.41 Å². The normalized spacial score (nSPS) is 19.4. The lowest BCUT2D eigenvalue weighted by atomic mass is 9.75. The Kier molecular flexibility index (Phi) is 5.77. The van der Waals surface area contributed by atoms with Crippen LogP contribution < -0.4 is 5.32 Å². The summed E-state index contributed by atoms with van der Waals surface area (Å²) in [6.45, 7) is 3.44. The molecule has 0 bridgehead atoms. The molecule has 0 aliphatic heterocycles. The molecule has 4 heteroatoms. The van der Waals surface area contributed by atoms with Gasteiger partial charge < -0.3 is 15.2 Å². The highest BCUT2D eigenvalue weighted by molar-refractivity contribution is 5.82. The van der Waals surface area contributed by atoms with Gasteiger partial charge >= 0.3 is 0 Å². The first-order valence-corrected chi connectivity index (χ1v) is 6.16. The summed E-state index contributed by atoms with van der Waals surface area (Å²) in [5, 5.41) is 11.4. The number of hydrogen-bond acceptors (Lipinski definition) is 3. The Hall–Kier alpha value is -0.610. The molecule has 0 spiro atoms. The average molecular weight is 229 g/mol. The van der Waals surface area contributed by atoms with Crippen LogP contribution in [-0.2, 0) is 9.53 Å². The molecule has 0 atom stereocenters. The molecule has 1 aliphatic carbocycles. The van der Waals surface area contributed by atoms with E-state index < -0.39 is 0 Å². The smallest absolute Gasteiger partial charge is 0.226 e. The molecular formula is C12H23NO3. The van der Waals surface area contributed by atoms with Crippen molar-refractivity contribution < 1.29 is 14.6 Å². The summed E-state index contributed by atoms with van der Waals surface area (Å²) < 4.78 is 5.09. The van der Waals surface area contributed by atoms with Gasteiger partial charge in [-0.2, -0.15) is 0 Å².